The van der Waals surface area contributed by atoms with E-state index < -0.39 is 29.3 Å². The molecule has 0 saturated heterocycles. The first-order chi connectivity index (χ1) is 18.7. The predicted molar refractivity (Wildman–Crippen MR) is 140 cm³/mol. The molecule has 1 heterocycles. The van der Waals surface area contributed by atoms with E-state index in [-0.39, 0.29) is 30.0 Å². The second-order valence-corrected chi connectivity index (χ2v) is 8.49. The standard InChI is InChI=1S/C29H25F3N2O5/c1-3-15-38-28(36)21-10-12-22(13-11-21)34-27(35)23(26(33-34)29(30,31)32)16-20-9-14-24(25(17-20)37-2)39-18-19-7-5-4-6-8-19/h4-14,16-17H,3,15,18H2,1-2H3. The molecule has 0 N–H and O–H groups in total. The number of carbonyl (C=O) groups excluding carboxylic acids is 2. The summed E-state index contributed by atoms with van der Waals surface area (Å²) in [6.07, 6.45) is -3.14. The van der Waals surface area contributed by atoms with Gasteiger partial charge in [0.1, 0.15) is 6.61 Å². The largest absolute Gasteiger partial charge is 0.493 e. The third-order valence-corrected chi connectivity index (χ3v) is 5.67. The molecule has 0 spiro atoms. The molecule has 3 aromatic rings. The maximum absolute atomic E-state index is 13.9. The summed E-state index contributed by atoms with van der Waals surface area (Å²) in [6, 6.07) is 19.4. The van der Waals surface area contributed by atoms with Gasteiger partial charge >= 0.3 is 12.1 Å². The van der Waals surface area contributed by atoms with Crippen LogP contribution in [0.2, 0.25) is 0 Å². The van der Waals surface area contributed by atoms with Crippen LogP contribution < -0.4 is 14.5 Å². The average molecular weight is 539 g/mol. The average Bonchev–Trinajstić information content (AvgIpc) is 3.27. The number of benzene rings is 3. The zero-order valence-electron chi connectivity index (χ0n) is 21.2. The SMILES string of the molecule is CCCOC(=O)c1ccc(N2N=C(C(F)(F)F)C(=Cc3ccc(OCc4ccccc4)c(OC)c3)C2=O)cc1. The predicted octanol–water partition coefficient (Wildman–Crippen LogP) is 6.19. The topological polar surface area (TPSA) is 77.4 Å². The van der Waals surface area contributed by atoms with Crippen molar-refractivity contribution in [1.29, 1.82) is 0 Å². The Hall–Kier alpha value is -4.60. The molecule has 3 aromatic carbocycles. The summed E-state index contributed by atoms with van der Waals surface area (Å²) < 4.78 is 57.9. The van der Waals surface area contributed by atoms with Crippen LogP contribution in [-0.2, 0) is 16.1 Å². The van der Waals surface area contributed by atoms with E-state index in [1.165, 1.54) is 43.5 Å². The monoisotopic (exact) mass is 538 g/mol. The van der Waals surface area contributed by atoms with E-state index in [9.17, 15) is 22.8 Å². The van der Waals surface area contributed by atoms with E-state index >= 15 is 0 Å². The Balaban J connectivity index is 1.59. The van der Waals surface area contributed by atoms with Gasteiger partial charge < -0.3 is 14.2 Å². The van der Waals surface area contributed by atoms with Crippen LogP contribution in [0.15, 0.2) is 83.5 Å². The summed E-state index contributed by atoms with van der Waals surface area (Å²) in [6.45, 7) is 2.36. The lowest BCUT2D eigenvalue weighted by molar-refractivity contribution is -0.114. The summed E-state index contributed by atoms with van der Waals surface area (Å²) in [5, 5.41) is 4.23. The molecular formula is C29H25F3N2O5. The maximum Gasteiger partial charge on any atom is 0.435 e. The van der Waals surface area contributed by atoms with Gasteiger partial charge in [-0.05, 0) is 60.0 Å². The Morgan fingerprint density at radius 2 is 1.72 bits per heavy atom. The summed E-state index contributed by atoms with van der Waals surface area (Å²) in [5.41, 5.74) is -0.471. The second-order valence-electron chi connectivity index (χ2n) is 8.49. The van der Waals surface area contributed by atoms with Gasteiger partial charge in [0, 0.05) is 0 Å². The lowest BCUT2D eigenvalue weighted by Crippen LogP contribution is -2.25. The van der Waals surface area contributed by atoms with Crippen molar-refractivity contribution in [2.24, 2.45) is 5.10 Å². The Kier molecular flexibility index (Phi) is 8.33. The quantitative estimate of drug-likeness (QED) is 0.240. The highest BCUT2D eigenvalue weighted by Gasteiger charge is 2.46. The first-order valence-electron chi connectivity index (χ1n) is 12.1. The van der Waals surface area contributed by atoms with E-state index in [2.05, 4.69) is 5.10 Å². The highest BCUT2D eigenvalue weighted by molar-refractivity contribution is 6.34. The fourth-order valence-corrected chi connectivity index (χ4v) is 3.74. The Morgan fingerprint density at radius 1 is 1.00 bits per heavy atom. The van der Waals surface area contributed by atoms with Crippen LogP contribution in [0.3, 0.4) is 0 Å². The van der Waals surface area contributed by atoms with E-state index in [1.807, 2.05) is 37.3 Å². The maximum atomic E-state index is 13.9. The molecule has 1 amide bonds. The number of ether oxygens (including phenoxy) is 3. The van der Waals surface area contributed by atoms with Crippen molar-refractivity contribution in [3.05, 3.63) is 95.1 Å². The number of hydrazone groups is 1. The number of esters is 1. The summed E-state index contributed by atoms with van der Waals surface area (Å²) in [5.74, 6) is -0.850. The van der Waals surface area contributed by atoms with Gasteiger partial charge in [-0.2, -0.15) is 23.3 Å². The molecular weight excluding hydrogens is 513 g/mol. The number of methoxy groups -OCH3 is 1. The van der Waals surface area contributed by atoms with Crippen molar-refractivity contribution in [1.82, 2.24) is 0 Å². The Bertz CT molecular complexity index is 1400. The van der Waals surface area contributed by atoms with Crippen LogP contribution in [0.1, 0.15) is 34.8 Å². The zero-order chi connectivity index (χ0) is 28.0. The van der Waals surface area contributed by atoms with Gasteiger partial charge in [-0.25, -0.2) is 4.79 Å². The molecule has 1 aliphatic heterocycles. The highest BCUT2D eigenvalue weighted by Crippen LogP contribution is 2.35. The number of hydrogen-bond acceptors (Lipinski definition) is 6. The minimum absolute atomic E-state index is 0.0689. The summed E-state index contributed by atoms with van der Waals surface area (Å²) in [4.78, 5) is 25.1. The lowest BCUT2D eigenvalue weighted by atomic mass is 10.1. The van der Waals surface area contributed by atoms with Gasteiger partial charge in [-0.1, -0.05) is 43.3 Å². The molecule has 1 aliphatic rings. The van der Waals surface area contributed by atoms with Crippen LogP contribution in [-0.4, -0.2) is 37.5 Å². The fraction of sp³-hybridized carbons (Fsp3) is 0.207. The minimum Gasteiger partial charge on any atom is -0.493 e. The highest BCUT2D eigenvalue weighted by atomic mass is 19.4. The van der Waals surface area contributed by atoms with Gasteiger partial charge in [0.05, 0.1) is 30.5 Å². The molecule has 0 atom stereocenters. The molecule has 4 rings (SSSR count). The normalized spacial score (nSPS) is 14.4. The molecule has 0 fully saturated rings. The number of halogens is 3. The molecule has 202 valence electrons. The van der Waals surface area contributed by atoms with Gasteiger partial charge in [0.2, 0.25) is 0 Å². The molecule has 7 nitrogen and oxygen atoms in total. The van der Waals surface area contributed by atoms with Gasteiger partial charge in [0.15, 0.2) is 17.2 Å². The second kappa shape index (κ2) is 11.8. The van der Waals surface area contributed by atoms with Gasteiger partial charge in [0.25, 0.3) is 5.91 Å². The molecule has 0 radical (unpaired) electrons. The van der Waals surface area contributed by atoms with Crippen molar-refractivity contribution in [2.45, 2.75) is 26.1 Å². The van der Waals surface area contributed by atoms with Crippen LogP contribution >= 0.6 is 0 Å². The van der Waals surface area contributed by atoms with Crippen molar-refractivity contribution >= 4 is 29.4 Å². The Morgan fingerprint density at radius 3 is 2.36 bits per heavy atom. The molecule has 10 heteroatoms. The number of carbonyl (C=O) groups is 2. The lowest BCUT2D eigenvalue weighted by Gasteiger charge is -2.13. The Labute approximate surface area is 223 Å². The van der Waals surface area contributed by atoms with Crippen molar-refractivity contribution in [2.75, 3.05) is 18.7 Å². The number of nitrogens with zero attached hydrogens (tertiary/aromatic N) is 2. The fourth-order valence-electron chi connectivity index (χ4n) is 3.74. The van der Waals surface area contributed by atoms with Crippen LogP contribution in [0.4, 0.5) is 18.9 Å². The first kappa shape index (κ1) is 27.4. The van der Waals surface area contributed by atoms with Gasteiger partial charge in [-0.15, -0.1) is 0 Å². The third kappa shape index (κ3) is 6.46. The minimum atomic E-state index is -4.89. The number of rotatable bonds is 9. The van der Waals surface area contributed by atoms with E-state index in [0.717, 1.165) is 11.6 Å². The number of hydrogen-bond donors (Lipinski definition) is 0. The molecule has 0 unspecified atom stereocenters. The third-order valence-electron chi connectivity index (χ3n) is 5.67. The van der Waals surface area contributed by atoms with Crippen molar-refractivity contribution in [3.8, 4) is 11.5 Å². The number of anilines is 1. The first-order valence-corrected chi connectivity index (χ1v) is 12.1. The van der Waals surface area contributed by atoms with Crippen molar-refractivity contribution < 1.29 is 37.0 Å². The number of alkyl halides is 3. The molecule has 0 aliphatic carbocycles. The number of amides is 1. The molecule has 0 bridgehead atoms. The van der Waals surface area contributed by atoms with E-state index in [4.69, 9.17) is 14.2 Å². The van der Waals surface area contributed by atoms with Crippen LogP contribution in [0, 0.1) is 0 Å². The summed E-state index contributed by atoms with van der Waals surface area (Å²) in [7, 11) is 1.41. The van der Waals surface area contributed by atoms with Gasteiger partial charge in [-0.3, -0.25) is 4.79 Å². The zero-order valence-corrected chi connectivity index (χ0v) is 21.2. The smallest absolute Gasteiger partial charge is 0.435 e. The van der Waals surface area contributed by atoms with Crippen molar-refractivity contribution in [3.63, 3.8) is 0 Å². The summed E-state index contributed by atoms with van der Waals surface area (Å²) >= 11 is 0. The molecule has 0 saturated carbocycles. The van der Waals surface area contributed by atoms with Crippen LogP contribution in [0.5, 0.6) is 11.5 Å². The molecule has 39 heavy (non-hydrogen) atoms. The van der Waals surface area contributed by atoms with Crippen LogP contribution in [0.25, 0.3) is 6.08 Å². The van der Waals surface area contributed by atoms with E-state index in [1.54, 1.807) is 6.07 Å². The molecule has 0 aromatic heterocycles. The van der Waals surface area contributed by atoms with E-state index in [0.29, 0.717) is 22.9 Å².